The maximum Gasteiger partial charge on any atom is 0.246 e. The summed E-state index contributed by atoms with van der Waals surface area (Å²) in [6.07, 6.45) is 2.14. The van der Waals surface area contributed by atoms with E-state index in [9.17, 15) is 4.79 Å². The minimum atomic E-state index is -0.884. The molecule has 1 spiro atoms. The van der Waals surface area contributed by atoms with Crippen molar-refractivity contribution in [3.05, 3.63) is 77.4 Å². The average Bonchev–Trinajstić information content (AvgIpc) is 3.36. The molecule has 0 N–H and O–H groups in total. The number of rotatable bonds is 6. The Morgan fingerprint density at radius 3 is 2.47 bits per heavy atom. The zero-order valence-corrected chi connectivity index (χ0v) is 19.2. The first-order valence-electron chi connectivity index (χ1n) is 11.9. The van der Waals surface area contributed by atoms with Crippen molar-refractivity contribution < 1.29 is 23.7 Å². The van der Waals surface area contributed by atoms with Crippen LogP contribution in [-0.4, -0.2) is 32.3 Å². The van der Waals surface area contributed by atoms with Gasteiger partial charge in [0, 0.05) is 17.3 Å². The maximum absolute atomic E-state index is 14.1. The number of nitrogens with zero attached hydrogens (tertiary/aromatic N) is 1. The second kappa shape index (κ2) is 8.28. The highest BCUT2D eigenvalue weighted by molar-refractivity contribution is 6.11. The number of ether oxygens (including phenoxy) is 4. The number of unbranched alkanes of at least 4 members (excludes halogenated alkanes) is 1. The highest BCUT2D eigenvalue weighted by atomic mass is 16.6. The lowest BCUT2D eigenvalue weighted by molar-refractivity contribution is -0.122. The van der Waals surface area contributed by atoms with E-state index in [0.29, 0.717) is 43.6 Å². The Bertz CT molecular complexity index is 1240. The van der Waals surface area contributed by atoms with Crippen molar-refractivity contribution in [1.29, 1.82) is 0 Å². The normalized spacial score (nSPS) is 19.7. The van der Waals surface area contributed by atoms with Crippen LogP contribution in [0, 0.1) is 0 Å². The van der Waals surface area contributed by atoms with E-state index in [0.717, 1.165) is 41.0 Å². The monoisotopic (exact) mass is 457 g/mol. The topological polar surface area (TPSA) is 57.2 Å². The van der Waals surface area contributed by atoms with Crippen LogP contribution in [0.15, 0.2) is 60.7 Å². The van der Waals surface area contributed by atoms with Crippen LogP contribution in [0.25, 0.3) is 0 Å². The van der Waals surface area contributed by atoms with E-state index in [1.54, 1.807) is 0 Å². The van der Waals surface area contributed by atoms with E-state index in [4.69, 9.17) is 18.9 Å². The molecule has 0 saturated carbocycles. The molecule has 6 nitrogen and oxygen atoms in total. The van der Waals surface area contributed by atoms with Crippen LogP contribution >= 0.6 is 0 Å². The third-order valence-electron chi connectivity index (χ3n) is 6.84. The SMILES string of the molecule is CCCCOc1ccc(CN2C(=O)[C@@]3(COc4cc5c(cc43)OCCO5)c3ccccc32)cc1. The molecule has 0 bridgehead atoms. The molecule has 0 aromatic heterocycles. The van der Waals surface area contributed by atoms with Gasteiger partial charge in [-0.25, -0.2) is 0 Å². The van der Waals surface area contributed by atoms with Crippen LogP contribution in [0.1, 0.15) is 36.5 Å². The maximum atomic E-state index is 14.1. The van der Waals surface area contributed by atoms with Crippen LogP contribution in [0.3, 0.4) is 0 Å². The Kier molecular flexibility index (Phi) is 5.09. The molecule has 34 heavy (non-hydrogen) atoms. The summed E-state index contributed by atoms with van der Waals surface area (Å²) >= 11 is 0. The van der Waals surface area contributed by atoms with Gasteiger partial charge in [-0.05, 0) is 41.8 Å². The predicted molar refractivity (Wildman–Crippen MR) is 128 cm³/mol. The molecule has 174 valence electrons. The Morgan fingerprint density at radius 2 is 1.68 bits per heavy atom. The Morgan fingerprint density at radius 1 is 0.912 bits per heavy atom. The number of hydrogen-bond acceptors (Lipinski definition) is 5. The average molecular weight is 458 g/mol. The number of para-hydroxylation sites is 1. The van der Waals surface area contributed by atoms with Gasteiger partial charge in [-0.1, -0.05) is 43.7 Å². The van der Waals surface area contributed by atoms with Crippen LogP contribution in [-0.2, 0) is 16.8 Å². The summed E-state index contributed by atoms with van der Waals surface area (Å²) in [6.45, 7) is 4.61. The van der Waals surface area contributed by atoms with E-state index in [2.05, 4.69) is 6.92 Å². The molecule has 6 heteroatoms. The molecule has 3 aromatic rings. The lowest BCUT2D eigenvalue weighted by Crippen LogP contribution is -2.42. The summed E-state index contributed by atoms with van der Waals surface area (Å²) < 4.78 is 23.4. The first kappa shape index (κ1) is 20.9. The van der Waals surface area contributed by atoms with Crippen molar-refractivity contribution in [2.24, 2.45) is 0 Å². The van der Waals surface area contributed by atoms with Gasteiger partial charge in [-0.3, -0.25) is 4.79 Å². The number of anilines is 1. The lowest BCUT2D eigenvalue weighted by atomic mass is 9.77. The largest absolute Gasteiger partial charge is 0.494 e. The molecule has 0 fully saturated rings. The fourth-order valence-electron chi connectivity index (χ4n) is 5.08. The summed E-state index contributed by atoms with van der Waals surface area (Å²) in [6, 6.07) is 19.8. The van der Waals surface area contributed by atoms with Crippen LogP contribution in [0.2, 0.25) is 0 Å². The molecular weight excluding hydrogens is 430 g/mol. The molecule has 3 aliphatic rings. The number of benzene rings is 3. The molecule has 0 unspecified atom stereocenters. The van der Waals surface area contributed by atoms with Gasteiger partial charge in [0.25, 0.3) is 0 Å². The van der Waals surface area contributed by atoms with Crippen LogP contribution in [0.5, 0.6) is 23.0 Å². The summed E-state index contributed by atoms with van der Waals surface area (Å²) in [4.78, 5) is 16.0. The van der Waals surface area contributed by atoms with Gasteiger partial charge >= 0.3 is 0 Å². The van der Waals surface area contributed by atoms with E-state index in [1.807, 2.05) is 65.6 Å². The highest BCUT2D eigenvalue weighted by Gasteiger charge is 2.57. The molecule has 1 atom stereocenters. The fraction of sp³-hybridized carbons (Fsp3) is 0.321. The molecule has 1 amide bonds. The van der Waals surface area contributed by atoms with Crippen molar-refractivity contribution >= 4 is 11.6 Å². The second-order valence-electron chi connectivity index (χ2n) is 8.94. The molecule has 0 radical (unpaired) electrons. The van der Waals surface area contributed by atoms with Gasteiger partial charge in [0.05, 0.1) is 13.2 Å². The zero-order valence-electron chi connectivity index (χ0n) is 19.2. The van der Waals surface area contributed by atoms with E-state index in [-0.39, 0.29) is 12.5 Å². The third kappa shape index (κ3) is 3.20. The number of carbonyl (C=O) groups is 1. The van der Waals surface area contributed by atoms with E-state index in [1.165, 1.54) is 0 Å². The molecule has 0 saturated heterocycles. The standard InChI is InChI=1S/C28H27NO5/c1-2-3-12-31-20-10-8-19(9-11-20)17-29-23-7-5-4-6-21(23)28(27(29)30)18-34-24-16-26-25(15-22(24)28)32-13-14-33-26/h4-11,15-16H,2-3,12-14,17-18H2,1H3/t28-/m0/s1. The van der Waals surface area contributed by atoms with Gasteiger partial charge in [-0.15, -0.1) is 0 Å². The van der Waals surface area contributed by atoms with Gasteiger partial charge in [0.15, 0.2) is 11.5 Å². The van der Waals surface area contributed by atoms with Gasteiger partial charge in [0.1, 0.15) is 36.7 Å². The van der Waals surface area contributed by atoms with Crippen molar-refractivity contribution in [2.45, 2.75) is 31.7 Å². The predicted octanol–water partition coefficient (Wildman–Crippen LogP) is 4.86. The quantitative estimate of drug-likeness (QED) is 0.495. The molecule has 3 aliphatic heterocycles. The first-order chi connectivity index (χ1) is 16.7. The summed E-state index contributed by atoms with van der Waals surface area (Å²) in [7, 11) is 0. The van der Waals surface area contributed by atoms with Gasteiger partial charge in [0.2, 0.25) is 5.91 Å². The molecule has 3 aromatic carbocycles. The van der Waals surface area contributed by atoms with Crippen molar-refractivity contribution in [1.82, 2.24) is 0 Å². The van der Waals surface area contributed by atoms with Crippen molar-refractivity contribution in [3.63, 3.8) is 0 Å². The van der Waals surface area contributed by atoms with Gasteiger partial charge < -0.3 is 23.8 Å². The highest BCUT2D eigenvalue weighted by Crippen LogP contribution is 2.55. The van der Waals surface area contributed by atoms with Crippen LogP contribution in [0.4, 0.5) is 5.69 Å². The number of carbonyl (C=O) groups excluding carboxylic acids is 1. The number of hydrogen-bond donors (Lipinski definition) is 0. The minimum Gasteiger partial charge on any atom is -0.494 e. The van der Waals surface area contributed by atoms with E-state index >= 15 is 0 Å². The Balaban J connectivity index is 1.34. The molecular formula is C28H27NO5. The lowest BCUT2D eigenvalue weighted by Gasteiger charge is -2.24. The smallest absolute Gasteiger partial charge is 0.246 e. The second-order valence-corrected chi connectivity index (χ2v) is 8.94. The summed E-state index contributed by atoms with van der Waals surface area (Å²) in [5.74, 6) is 2.89. The summed E-state index contributed by atoms with van der Waals surface area (Å²) in [5, 5.41) is 0. The minimum absolute atomic E-state index is 0.0207. The summed E-state index contributed by atoms with van der Waals surface area (Å²) in [5.41, 5.74) is 2.89. The van der Waals surface area contributed by atoms with Crippen LogP contribution < -0.4 is 23.8 Å². The number of amides is 1. The first-order valence-corrected chi connectivity index (χ1v) is 11.9. The van der Waals surface area contributed by atoms with Crippen molar-refractivity contribution in [3.8, 4) is 23.0 Å². The molecule has 3 heterocycles. The zero-order chi connectivity index (χ0) is 23.1. The van der Waals surface area contributed by atoms with Crippen molar-refractivity contribution in [2.75, 3.05) is 31.3 Å². The van der Waals surface area contributed by atoms with E-state index < -0.39 is 5.41 Å². The number of fused-ring (bicyclic) bond motifs is 5. The van der Waals surface area contributed by atoms with Gasteiger partial charge in [-0.2, -0.15) is 0 Å². The molecule has 6 rings (SSSR count). The third-order valence-corrected chi connectivity index (χ3v) is 6.84. The Hall–Kier alpha value is -3.67. The molecule has 0 aliphatic carbocycles. The Labute approximate surface area is 199 Å². The fourth-order valence-corrected chi connectivity index (χ4v) is 5.08.